The van der Waals surface area contributed by atoms with Gasteiger partial charge in [-0.05, 0) is 35.9 Å². The van der Waals surface area contributed by atoms with E-state index in [9.17, 15) is 14.9 Å². The molecule has 0 unspecified atom stereocenters. The Kier molecular flexibility index (Phi) is 6.07. The van der Waals surface area contributed by atoms with Gasteiger partial charge in [0, 0.05) is 24.6 Å². The number of anilines is 2. The standard InChI is InChI=1S/C19H15ClN6O3S2/c1-21-18-22-6-4-12(23-18)13-2-3-14(30-13)17(27)25-19-24-16-11(20)8-10(5-7-26(28)29)9-15(16)31-19/h2-4,6,8-9H,5,7H2,1H3,(H,21,22,23)(H,24,25,27). The molecule has 0 aliphatic carbocycles. The van der Waals surface area contributed by atoms with Crippen molar-refractivity contribution in [3.8, 4) is 10.6 Å². The zero-order valence-electron chi connectivity index (χ0n) is 16.1. The third kappa shape index (κ3) is 4.79. The lowest BCUT2D eigenvalue weighted by molar-refractivity contribution is -0.479. The highest BCUT2D eigenvalue weighted by Gasteiger charge is 2.16. The van der Waals surface area contributed by atoms with Gasteiger partial charge in [-0.2, -0.15) is 0 Å². The molecule has 0 fully saturated rings. The molecule has 9 nitrogen and oxygen atoms in total. The van der Waals surface area contributed by atoms with E-state index < -0.39 is 0 Å². The van der Waals surface area contributed by atoms with Crippen molar-refractivity contribution < 1.29 is 9.72 Å². The summed E-state index contributed by atoms with van der Waals surface area (Å²) in [5.41, 5.74) is 2.03. The van der Waals surface area contributed by atoms with Crippen LogP contribution in [0.4, 0.5) is 11.1 Å². The second-order valence-electron chi connectivity index (χ2n) is 6.38. The number of thiazole rings is 1. The largest absolute Gasteiger partial charge is 0.357 e. The van der Waals surface area contributed by atoms with Crippen LogP contribution >= 0.6 is 34.3 Å². The first-order valence-corrected chi connectivity index (χ1v) is 11.1. The molecule has 0 atom stereocenters. The molecule has 3 aromatic heterocycles. The summed E-state index contributed by atoms with van der Waals surface area (Å²) < 4.78 is 0.758. The van der Waals surface area contributed by atoms with Crippen LogP contribution in [-0.4, -0.2) is 39.4 Å². The predicted octanol–water partition coefficient (Wildman–Crippen LogP) is 4.58. The molecule has 0 aliphatic heterocycles. The van der Waals surface area contributed by atoms with Gasteiger partial charge < -0.3 is 5.32 Å². The van der Waals surface area contributed by atoms with E-state index in [1.165, 1.54) is 22.7 Å². The fourth-order valence-corrected chi connectivity index (χ4v) is 5.00. The molecule has 12 heteroatoms. The van der Waals surface area contributed by atoms with Crippen molar-refractivity contribution in [3.63, 3.8) is 0 Å². The molecule has 1 aromatic carbocycles. The fraction of sp³-hybridized carbons (Fsp3) is 0.158. The summed E-state index contributed by atoms with van der Waals surface area (Å²) in [7, 11) is 1.74. The minimum atomic E-state index is -0.368. The van der Waals surface area contributed by atoms with E-state index in [1.807, 2.05) is 12.1 Å². The number of rotatable bonds is 7. The minimum Gasteiger partial charge on any atom is -0.357 e. The first kappa shape index (κ1) is 21.1. The van der Waals surface area contributed by atoms with E-state index >= 15 is 0 Å². The second-order valence-corrected chi connectivity index (χ2v) is 8.90. The van der Waals surface area contributed by atoms with Crippen LogP contribution in [0.15, 0.2) is 36.5 Å². The number of carbonyl (C=O) groups is 1. The first-order valence-electron chi connectivity index (χ1n) is 9.06. The number of nitro groups is 1. The van der Waals surface area contributed by atoms with Crippen LogP contribution in [-0.2, 0) is 6.42 Å². The molecule has 0 aliphatic rings. The van der Waals surface area contributed by atoms with Gasteiger partial charge >= 0.3 is 0 Å². The third-order valence-electron chi connectivity index (χ3n) is 4.27. The number of nitrogens with one attached hydrogen (secondary N) is 2. The van der Waals surface area contributed by atoms with Crippen molar-refractivity contribution in [2.45, 2.75) is 6.42 Å². The Morgan fingerprint density at radius 3 is 2.84 bits per heavy atom. The van der Waals surface area contributed by atoms with Crippen LogP contribution in [0.25, 0.3) is 20.8 Å². The van der Waals surface area contributed by atoms with Crippen LogP contribution < -0.4 is 10.6 Å². The summed E-state index contributed by atoms with van der Waals surface area (Å²) in [4.78, 5) is 37.2. The minimum absolute atomic E-state index is 0.174. The Bertz CT molecular complexity index is 1290. The second kappa shape index (κ2) is 8.92. The number of aromatic nitrogens is 3. The summed E-state index contributed by atoms with van der Waals surface area (Å²) >= 11 is 8.87. The Morgan fingerprint density at radius 1 is 1.23 bits per heavy atom. The summed E-state index contributed by atoms with van der Waals surface area (Å²) in [5, 5.41) is 17.1. The van der Waals surface area contributed by atoms with Gasteiger partial charge in [-0.3, -0.25) is 20.2 Å². The van der Waals surface area contributed by atoms with Crippen molar-refractivity contribution in [1.29, 1.82) is 0 Å². The van der Waals surface area contributed by atoms with E-state index in [-0.39, 0.29) is 23.8 Å². The molecule has 0 bridgehead atoms. The van der Waals surface area contributed by atoms with Crippen molar-refractivity contribution in [3.05, 3.63) is 62.1 Å². The molecule has 4 aromatic rings. The first-order chi connectivity index (χ1) is 14.9. The van der Waals surface area contributed by atoms with Gasteiger partial charge in [0.05, 0.1) is 25.2 Å². The fourth-order valence-electron chi connectivity index (χ4n) is 2.83. The summed E-state index contributed by atoms with van der Waals surface area (Å²) in [6.07, 6.45) is 1.93. The molecule has 4 rings (SSSR count). The average Bonchev–Trinajstić information content (AvgIpc) is 3.40. The van der Waals surface area contributed by atoms with Gasteiger partial charge in [0.1, 0.15) is 5.52 Å². The topological polar surface area (TPSA) is 123 Å². The highest BCUT2D eigenvalue weighted by molar-refractivity contribution is 7.22. The Hall–Kier alpha value is -3.15. The number of fused-ring (bicyclic) bond motifs is 1. The van der Waals surface area contributed by atoms with E-state index in [0.29, 0.717) is 26.5 Å². The zero-order chi connectivity index (χ0) is 22.0. The smallest absolute Gasteiger partial charge is 0.267 e. The number of benzene rings is 1. The molecule has 0 saturated carbocycles. The molecule has 3 heterocycles. The molecular formula is C19H15ClN6O3S2. The Morgan fingerprint density at radius 2 is 2.06 bits per heavy atom. The number of thiophene rings is 1. The maximum atomic E-state index is 12.7. The van der Waals surface area contributed by atoms with Gasteiger partial charge in [-0.1, -0.05) is 22.9 Å². The van der Waals surface area contributed by atoms with E-state index in [2.05, 4.69) is 25.6 Å². The van der Waals surface area contributed by atoms with E-state index in [1.54, 1.807) is 31.4 Å². The maximum absolute atomic E-state index is 12.7. The van der Waals surface area contributed by atoms with Crippen LogP contribution in [0.5, 0.6) is 0 Å². The molecule has 1 amide bonds. The van der Waals surface area contributed by atoms with Gasteiger partial charge in [0.2, 0.25) is 12.5 Å². The number of hydrogen-bond donors (Lipinski definition) is 2. The van der Waals surface area contributed by atoms with Gasteiger partial charge in [0.15, 0.2) is 5.13 Å². The summed E-state index contributed by atoms with van der Waals surface area (Å²) in [6, 6.07) is 8.83. The quantitative estimate of drug-likeness (QED) is 0.297. The SMILES string of the molecule is CNc1nccc(-c2ccc(C(=O)Nc3nc4c(Cl)cc(CC[N+](=O)[O-])cc4s3)s2)n1. The number of hydrogen-bond acceptors (Lipinski definition) is 9. The van der Waals surface area contributed by atoms with Crippen LogP contribution in [0.3, 0.4) is 0 Å². The molecule has 0 saturated heterocycles. The van der Waals surface area contributed by atoms with Crippen LogP contribution in [0.1, 0.15) is 15.2 Å². The lowest BCUT2D eigenvalue weighted by Crippen LogP contribution is -2.09. The maximum Gasteiger partial charge on any atom is 0.267 e. The molecule has 2 N–H and O–H groups in total. The molecule has 0 spiro atoms. The third-order valence-corrected chi connectivity index (χ3v) is 6.59. The van der Waals surface area contributed by atoms with E-state index in [4.69, 9.17) is 11.6 Å². The molecular weight excluding hydrogens is 460 g/mol. The lowest BCUT2D eigenvalue weighted by Gasteiger charge is -2.00. The molecule has 158 valence electrons. The van der Waals surface area contributed by atoms with Gasteiger partial charge in [0.25, 0.3) is 5.91 Å². The number of carbonyl (C=O) groups excluding carboxylic acids is 1. The molecule has 0 radical (unpaired) electrons. The summed E-state index contributed by atoms with van der Waals surface area (Å²) in [5.74, 6) is 0.212. The number of halogens is 1. The molecule has 31 heavy (non-hydrogen) atoms. The highest BCUT2D eigenvalue weighted by atomic mass is 35.5. The highest BCUT2D eigenvalue weighted by Crippen LogP contribution is 2.33. The van der Waals surface area contributed by atoms with Crippen molar-refractivity contribution in [1.82, 2.24) is 15.0 Å². The number of nitrogens with zero attached hydrogens (tertiary/aromatic N) is 4. The number of amides is 1. The zero-order valence-corrected chi connectivity index (χ0v) is 18.5. The van der Waals surface area contributed by atoms with Crippen molar-refractivity contribution in [2.75, 3.05) is 24.2 Å². The van der Waals surface area contributed by atoms with Crippen LogP contribution in [0.2, 0.25) is 5.02 Å². The predicted molar refractivity (Wildman–Crippen MR) is 123 cm³/mol. The van der Waals surface area contributed by atoms with E-state index in [0.717, 1.165) is 20.8 Å². The van der Waals surface area contributed by atoms with Crippen molar-refractivity contribution >= 4 is 61.5 Å². The Labute approximate surface area is 189 Å². The van der Waals surface area contributed by atoms with Gasteiger partial charge in [-0.15, -0.1) is 11.3 Å². The average molecular weight is 475 g/mol. The van der Waals surface area contributed by atoms with Crippen molar-refractivity contribution in [2.24, 2.45) is 0 Å². The van der Waals surface area contributed by atoms with Crippen LogP contribution in [0, 0.1) is 10.1 Å². The Balaban J connectivity index is 1.52. The van der Waals surface area contributed by atoms with Gasteiger partial charge in [-0.25, -0.2) is 15.0 Å². The lowest BCUT2D eigenvalue weighted by atomic mass is 10.1. The normalized spacial score (nSPS) is 10.9. The monoisotopic (exact) mass is 474 g/mol. The summed E-state index contributed by atoms with van der Waals surface area (Å²) in [6.45, 7) is -0.174.